The monoisotopic (exact) mass is 472 g/mol. The molecule has 4 amide bonds. The Balaban J connectivity index is 3.00. The molecule has 0 aromatic carbocycles. The second-order valence-corrected chi connectivity index (χ2v) is 7.56. The number of nitrogens with zero attached hydrogens (tertiary/aromatic N) is 2. The Labute approximate surface area is 189 Å². The Kier molecular flexibility index (Phi) is 11.0. The number of carboxylic acid groups (broad SMARTS) is 1. The summed E-state index contributed by atoms with van der Waals surface area (Å²) in [5.41, 5.74) is 21.2. The third kappa shape index (κ3) is 8.89. The lowest BCUT2D eigenvalue weighted by molar-refractivity contribution is -0.149. The van der Waals surface area contributed by atoms with Crippen LogP contribution in [-0.4, -0.2) is 94.5 Å². The molecule has 12 N–H and O–H groups in total. The van der Waals surface area contributed by atoms with Crippen LogP contribution in [0.3, 0.4) is 0 Å². The SMILES string of the molecule is NC(=O)CC(NC(=O)C(CCCN=C(N)N)NC(=O)C(N)CO)C(=O)N1CCCC1C(=O)O. The lowest BCUT2D eigenvalue weighted by atomic mass is 10.1. The molecule has 0 saturated carbocycles. The van der Waals surface area contributed by atoms with E-state index in [4.69, 9.17) is 28.0 Å². The molecular formula is C18H32N8O7. The molecule has 33 heavy (non-hydrogen) atoms. The van der Waals surface area contributed by atoms with E-state index < -0.39 is 66.8 Å². The maximum atomic E-state index is 12.9. The standard InChI is InChI=1S/C18H32N8O7/c19-9(8-27)14(29)24-10(3-1-5-23-18(21)22)15(30)25-11(7-13(20)28)16(31)26-6-2-4-12(26)17(32)33/h9-12,27H,1-8,19H2,(H2,20,28)(H,24,29)(H,25,30)(H,32,33)(H4,21,22,23). The second-order valence-electron chi connectivity index (χ2n) is 7.56. The van der Waals surface area contributed by atoms with E-state index in [1.54, 1.807) is 0 Å². The molecule has 186 valence electrons. The van der Waals surface area contributed by atoms with Crippen LogP contribution in [0.5, 0.6) is 0 Å². The summed E-state index contributed by atoms with van der Waals surface area (Å²) < 4.78 is 0. The highest BCUT2D eigenvalue weighted by molar-refractivity contribution is 5.96. The average molecular weight is 473 g/mol. The third-order valence-corrected chi connectivity index (χ3v) is 4.95. The number of nitrogens with one attached hydrogen (secondary N) is 2. The van der Waals surface area contributed by atoms with Crippen molar-refractivity contribution in [2.45, 2.75) is 56.3 Å². The van der Waals surface area contributed by atoms with E-state index in [2.05, 4.69) is 15.6 Å². The van der Waals surface area contributed by atoms with Crippen molar-refractivity contribution in [3.8, 4) is 0 Å². The van der Waals surface area contributed by atoms with Crippen molar-refractivity contribution in [3.05, 3.63) is 0 Å². The van der Waals surface area contributed by atoms with E-state index in [0.29, 0.717) is 6.42 Å². The predicted octanol–water partition coefficient (Wildman–Crippen LogP) is -4.72. The summed E-state index contributed by atoms with van der Waals surface area (Å²) in [6.07, 6.45) is 0.402. The van der Waals surface area contributed by atoms with Gasteiger partial charge in [-0.05, 0) is 25.7 Å². The molecule has 1 heterocycles. The highest BCUT2D eigenvalue weighted by atomic mass is 16.4. The molecule has 1 rings (SSSR count). The molecule has 0 aromatic rings. The molecule has 4 atom stereocenters. The number of aliphatic carboxylic acids is 1. The Morgan fingerprint density at radius 2 is 1.70 bits per heavy atom. The van der Waals surface area contributed by atoms with Crippen molar-refractivity contribution in [2.24, 2.45) is 27.9 Å². The van der Waals surface area contributed by atoms with Gasteiger partial charge in [0.05, 0.1) is 13.0 Å². The minimum Gasteiger partial charge on any atom is -0.480 e. The number of aliphatic hydroxyl groups excluding tert-OH is 1. The molecular weight excluding hydrogens is 440 g/mol. The van der Waals surface area contributed by atoms with Crippen LogP contribution in [0.25, 0.3) is 0 Å². The fourth-order valence-electron chi connectivity index (χ4n) is 3.30. The van der Waals surface area contributed by atoms with Gasteiger partial charge in [-0.15, -0.1) is 0 Å². The molecule has 0 aromatic heterocycles. The van der Waals surface area contributed by atoms with Crippen LogP contribution in [0.2, 0.25) is 0 Å². The van der Waals surface area contributed by atoms with Crippen LogP contribution in [0.4, 0.5) is 0 Å². The number of amides is 4. The molecule has 0 bridgehead atoms. The number of likely N-dealkylation sites (tertiary alicyclic amines) is 1. The van der Waals surface area contributed by atoms with E-state index in [-0.39, 0.29) is 38.3 Å². The molecule has 4 unspecified atom stereocenters. The van der Waals surface area contributed by atoms with Gasteiger partial charge in [-0.25, -0.2) is 4.79 Å². The van der Waals surface area contributed by atoms with Crippen molar-refractivity contribution in [2.75, 3.05) is 19.7 Å². The number of nitrogens with two attached hydrogens (primary N) is 4. The van der Waals surface area contributed by atoms with Gasteiger partial charge in [-0.2, -0.15) is 0 Å². The third-order valence-electron chi connectivity index (χ3n) is 4.95. The topological polar surface area (TPSA) is 270 Å². The van der Waals surface area contributed by atoms with Gasteiger partial charge in [-0.1, -0.05) is 0 Å². The predicted molar refractivity (Wildman–Crippen MR) is 115 cm³/mol. The van der Waals surface area contributed by atoms with Gasteiger partial charge in [0.15, 0.2) is 5.96 Å². The second kappa shape index (κ2) is 13.2. The number of rotatable bonds is 13. The minimum atomic E-state index is -1.43. The number of carbonyl (C=O) groups is 5. The van der Waals surface area contributed by atoms with Crippen molar-refractivity contribution >= 4 is 35.6 Å². The normalized spacial score (nSPS) is 18.0. The molecule has 1 aliphatic rings. The maximum Gasteiger partial charge on any atom is 0.326 e. The largest absolute Gasteiger partial charge is 0.480 e. The number of guanidine groups is 1. The fourth-order valence-corrected chi connectivity index (χ4v) is 3.30. The summed E-state index contributed by atoms with van der Waals surface area (Å²) in [4.78, 5) is 65.7. The van der Waals surface area contributed by atoms with E-state index in [9.17, 15) is 29.1 Å². The first kappa shape index (κ1) is 27.6. The minimum absolute atomic E-state index is 0.0332. The van der Waals surface area contributed by atoms with Gasteiger partial charge < -0.3 is 48.7 Å². The Hall–Kier alpha value is -3.46. The van der Waals surface area contributed by atoms with E-state index in [1.165, 1.54) is 0 Å². The van der Waals surface area contributed by atoms with Crippen molar-refractivity contribution < 1.29 is 34.2 Å². The highest BCUT2D eigenvalue weighted by Crippen LogP contribution is 2.19. The molecule has 0 radical (unpaired) electrons. The van der Waals surface area contributed by atoms with Crippen molar-refractivity contribution in [1.82, 2.24) is 15.5 Å². The Morgan fingerprint density at radius 1 is 1.06 bits per heavy atom. The lowest BCUT2D eigenvalue weighted by Gasteiger charge is -2.28. The number of carboxylic acids is 1. The number of aliphatic hydroxyl groups is 1. The first-order chi connectivity index (χ1) is 15.5. The lowest BCUT2D eigenvalue weighted by Crippen LogP contribution is -2.58. The fraction of sp³-hybridized carbons (Fsp3) is 0.667. The van der Waals surface area contributed by atoms with Gasteiger partial charge in [0.1, 0.15) is 24.2 Å². The van der Waals surface area contributed by atoms with Gasteiger partial charge in [0.25, 0.3) is 0 Å². The summed E-state index contributed by atoms with van der Waals surface area (Å²) in [6, 6.07) is -5.01. The molecule has 1 fully saturated rings. The number of hydrogen-bond donors (Lipinski definition) is 8. The molecule has 0 aliphatic carbocycles. The van der Waals surface area contributed by atoms with E-state index in [0.717, 1.165) is 4.90 Å². The molecule has 1 saturated heterocycles. The van der Waals surface area contributed by atoms with Crippen LogP contribution < -0.4 is 33.6 Å². The van der Waals surface area contributed by atoms with Gasteiger partial charge in [0.2, 0.25) is 23.6 Å². The molecule has 15 nitrogen and oxygen atoms in total. The number of aliphatic imine (C=N–C) groups is 1. The zero-order valence-electron chi connectivity index (χ0n) is 18.1. The zero-order valence-corrected chi connectivity index (χ0v) is 18.1. The zero-order chi connectivity index (χ0) is 25.1. The van der Waals surface area contributed by atoms with Crippen LogP contribution >= 0.6 is 0 Å². The molecule has 1 aliphatic heterocycles. The summed E-state index contributed by atoms with van der Waals surface area (Å²) in [7, 11) is 0. The van der Waals surface area contributed by atoms with E-state index >= 15 is 0 Å². The summed E-state index contributed by atoms with van der Waals surface area (Å²) >= 11 is 0. The first-order valence-corrected chi connectivity index (χ1v) is 10.3. The van der Waals surface area contributed by atoms with Crippen molar-refractivity contribution in [3.63, 3.8) is 0 Å². The molecule has 15 heteroatoms. The summed E-state index contributed by atoms with van der Waals surface area (Å²) in [6.45, 7) is -0.376. The highest BCUT2D eigenvalue weighted by Gasteiger charge is 2.38. The van der Waals surface area contributed by atoms with Gasteiger partial charge >= 0.3 is 5.97 Å². The van der Waals surface area contributed by atoms with E-state index in [1.807, 2.05) is 0 Å². The average Bonchev–Trinajstić information content (AvgIpc) is 3.23. The quantitative estimate of drug-likeness (QED) is 0.0720. The van der Waals surface area contributed by atoms with Crippen LogP contribution in [0, 0.1) is 0 Å². The Morgan fingerprint density at radius 3 is 2.24 bits per heavy atom. The van der Waals surface area contributed by atoms with Crippen LogP contribution in [0.1, 0.15) is 32.1 Å². The van der Waals surface area contributed by atoms with Crippen molar-refractivity contribution in [1.29, 1.82) is 0 Å². The number of primary amides is 1. The van der Waals surface area contributed by atoms with Gasteiger partial charge in [0, 0.05) is 13.1 Å². The van der Waals surface area contributed by atoms with Crippen LogP contribution in [-0.2, 0) is 24.0 Å². The molecule has 0 spiro atoms. The maximum absolute atomic E-state index is 12.9. The van der Waals surface area contributed by atoms with Crippen LogP contribution in [0.15, 0.2) is 4.99 Å². The first-order valence-electron chi connectivity index (χ1n) is 10.3. The summed E-state index contributed by atoms with van der Waals surface area (Å²) in [5.74, 6) is -4.67. The Bertz CT molecular complexity index is 771. The number of hydrogen-bond acceptors (Lipinski definition) is 8. The smallest absolute Gasteiger partial charge is 0.326 e. The number of carbonyl (C=O) groups excluding carboxylic acids is 4. The van der Waals surface area contributed by atoms with Gasteiger partial charge in [-0.3, -0.25) is 24.2 Å². The summed E-state index contributed by atoms with van der Waals surface area (Å²) in [5, 5.41) is 23.1.